The monoisotopic (exact) mass is 410 g/mol. The van der Waals surface area contributed by atoms with Gasteiger partial charge in [0.1, 0.15) is 11.5 Å². The van der Waals surface area contributed by atoms with Crippen LogP contribution in [0.1, 0.15) is 102 Å². The third-order valence-corrected chi connectivity index (χ3v) is 6.10. The molecule has 30 heavy (non-hydrogen) atoms. The summed E-state index contributed by atoms with van der Waals surface area (Å²) >= 11 is 0. The number of unbranched alkanes of at least 4 members (excludes halogenated alkanes) is 10. The van der Waals surface area contributed by atoms with Crippen molar-refractivity contribution in [3.8, 4) is 22.6 Å². The van der Waals surface area contributed by atoms with Crippen molar-refractivity contribution >= 4 is 0 Å². The normalized spacial score (nSPS) is 11.1. The highest BCUT2D eigenvalue weighted by Crippen LogP contribution is 2.38. The van der Waals surface area contributed by atoms with Gasteiger partial charge in [0.05, 0.1) is 0 Å². The first-order valence-corrected chi connectivity index (χ1v) is 12.3. The fourth-order valence-electron chi connectivity index (χ4n) is 4.19. The van der Waals surface area contributed by atoms with E-state index in [2.05, 4.69) is 38.1 Å². The first kappa shape index (κ1) is 24.3. The molecule has 0 atom stereocenters. The van der Waals surface area contributed by atoms with E-state index in [1.807, 2.05) is 6.07 Å². The molecule has 2 aromatic rings. The lowest BCUT2D eigenvalue weighted by atomic mass is 9.95. The molecule has 0 saturated carbocycles. The Morgan fingerprint density at radius 1 is 0.633 bits per heavy atom. The Kier molecular flexibility index (Phi) is 11.4. The summed E-state index contributed by atoms with van der Waals surface area (Å²) in [5.41, 5.74) is 3.90. The average molecular weight is 411 g/mol. The minimum atomic E-state index is 0.216. The van der Waals surface area contributed by atoms with Gasteiger partial charge < -0.3 is 10.2 Å². The van der Waals surface area contributed by atoms with Crippen molar-refractivity contribution in [2.75, 3.05) is 0 Å². The number of aryl methyl sites for hydroxylation is 1. The Balaban J connectivity index is 1.97. The van der Waals surface area contributed by atoms with Gasteiger partial charge in [0.15, 0.2) is 0 Å². The Morgan fingerprint density at radius 2 is 1.23 bits per heavy atom. The zero-order valence-corrected chi connectivity index (χ0v) is 19.3. The topological polar surface area (TPSA) is 40.5 Å². The number of benzene rings is 2. The third kappa shape index (κ3) is 8.05. The molecule has 0 unspecified atom stereocenters. The highest BCUT2D eigenvalue weighted by Gasteiger charge is 2.14. The smallest absolute Gasteiger partial charge is 0.130 e. The Morgan fingerprint density at radius 3 is 1.90 bits per heavy atom. The van der Waals surface area contributed by atoms with Gasteiger partial charge in [-0.3, -0.25) is 0 Å². The summed E-state index contributed by atoms with van der Waals surface area (Å²) in [6, 6.07) is 12.1. The van der Waals surface area contributed by atoms with Gasteiger partial charge in [0.2, 0.25) is 0 Å². The van der Waals surface area contributed by atoms with Gasteiger partial charge >= 0.3 is 0 Å². The zero-order chi connectivity index (χ0) is 21.6. The molecule has 2 nitrogen and oxygen atoms in total. The minimum Gasteiger partial charge on any atom is -0.508 e. The molecule has 166 valence electrons. The van der Waals surface area contributed by atoms with Crippen LogP contribution in [0.4, 0.5) is 0 Å². The molecule has 0 spiro atoms. The van der Waals surface area contributed by atoms with Gasteiger partial charge in [-0.05, 0) is 48.9 Å². The van der Waals surface area contributed by atoms with E-state index in [0.717, 1.165) is 36.8 Å². The molecule has 0 aliphatic rings. The molecule has 0 saturated heterocycles. The molecule has 0 radical (unpaired) electrons. The maximum atomic E-state index is 10.9. The number of aromatic hydroxyl groups is 2. The maximum Gasteiger partial charge on any atom is 0.130 e. The van der Waals surface area contributed by atoms with Crippen LogP contribution in [0.15, 0.2) is 36.4 Å². The third-order valence-electron chi connectivity index (χ3n) is 6.10. The molecule has 2 N–H and O–H groups in total. The quantitative estimate of drug-likeness (QED) is 0.289. The Labute approximate surface area is 184 Å². The SMILES string of the molecule is CCCCCCCCc1cccc(-c2ccc(O)c(CCCCCCCC)c2O)c1. The van der Waals surface area contributed by atoms with Gasteiger partial charge in [-0.25, -0.2) is 0 Å². The fourth-order valence-corrected chi connectivity index (χ4v) is 4.19. The molecular formula is C28H42O2. The van der Waals surface area contributed by atoms with E-state index in [-0.39, 0.29) is 11.5 Å². The summed E-state index contributed by atoms with van der Waals surface area (Å²) in [5.74, 6) is 0.466. The average Bonchev–Trinajstić information content (AvgIpc) is 2.75. The molecule has 0 bridgehead atoms. The molecular weight excluding hydrogens is 368 g/mol. The molecule has 2 heteroatoms. The standard InChI is InChI=1S/C28H42O2/c1-3-5-7-9-11-13-16-23-17-15-18-24(22-23)25-20-21-27(29)26(28(25)30)19-14-12-10-8-6-4-2/h15,17-18,20-22,29-30H,3-14,16,19H2,1-2H3. The highest BCUT2D eigenvalue weighted by atomic mass is 16.3. The molecule has 2 aromatic carbocycles. The van der Waals surface area contributed by atoms with Crippen LogP contribution in [0.3, 0.4) is 0 Å². The van der Waals surface area contributed by atoms with Gasteiger partial charge in [0, 0.05) is 11.1 Å². The van der Waals surface area contributed by atoms with Gasteiger partial charge in [-0.15, -0.1) is 0 Å². The van der Waals surface area contributed by atoms with Crippen molar-refractivity contribution in [1.29, 1.82) is 0 Å². The fraction of sp³-hybridized carbons (Fsp3) is 0.571. The van der Waals surface area contributed by atoms with Crippen LogP contribution < -0.4 is 0 Å². The lowest BCUT2D eigenvalue weighted by Gasteiger charge is -2.13. The molecule has 0 amide bonds. The van der Waals surface area contributed by atoms with Crippen LogP contribution in [-0.4, -0.2) is 10.2 Å². The second-order valence-electron chi connectivity index (χ2n) is 8.70. The van der Waals surface area contributed by atoms with E-state index in [4.69, 9.17) is 0 Å². The number of rotatable bonds is 15. The summed E-state index contributed by atoms with van der Waals surface area (Å²) in [5, 5.41) is 21.2. The largest absolute Gasteiger partial charge is 0.508 e. The highest BCUT2D eigenvalue weighted by molar-refractivity contribution is 5.74. The van der Waals surface area contributed by atoms with Crippen molar-refractivity contribution in [3.05, 3.63) is 47.5 Å². The first-order valence-electron chi connectivity index (χ1n) is 12.3. The maximum absolute atomic E-state index is 10.9. The van der Waals surface area contributed by atoms with E-state index in [0.29, 0.717) is 5.56 Å². The Bertz CT molecular complexity index is 735. The lowest BCUT2D eigenvalue weighted by molar-refractivity contribution is 0.437. The van der Waals surface area contributed by atoms with Crippen molar-refractivity contribution in [2.24, 2.45) is 0 Å². The lowest BCUT2D eigenvalue weighted by Crippen LogP contribution is -1.92. The van der Waals surface area contributed by atoms with Crippen molar-refractivity contribution in [3.63, 3.8) is 0 Å². The predicted molar refractivity (Wildman–Crippen MR) is 129 cm³/mol. The van der Waals surface area contributed by atoms with Crippen LogP contribution in [0, 0.1) is 0 Å². The van der Waals surface area contributed by atoms with E-state index >= 15 is 0 Å². The van der Waals surface area contributed by atoms with Gasteiger partial charge in [0.25, 0.3) is 0 Å². The minimum absolute atomic E-state index is 0.216. The molecule has 0 heterocycles. The number of phenolic OH excluding ortho intramolecular Hbond substituents is 2. The zero-order valence-electron chi connectivity index (χ0n) is 19.3. The molecule has 0 aliphatic heterocycles. The van der Waals surface area contributed by atoms with E-state index in [1.54, 1.807) is 6.07 Å². The van der Waals surface area contributed by atoms with Crippen LogP contribution in [0.25, 0.3) is 11.1 Å². The number of hydrogen-bond acceptors (Lipinski definition) is 2. The second kappa shape index (κ2) is 14.1. The summed E-state index contributed by atoms with van der Waals surface area (Å²) in [7, 11) is 0. The second-order valence-corrected chi connectivity index (χ2v) is 8.70. The molecule has 2 rings (SSSR count). The summed E-state index contributed by atoms with van der Waals surface area (Å²) in [6.45, 7) is 4.48. The van der Waals surface area contributed by atoms with Crippen molar-refractivity contribution < 1.29 is 10.2 Å². The van der Waals surface area contributed by atoms with Crippen LogP contribution in [0.2, 0.25) is 0 Å². The predicted octanol–water partition coefficient (Wildman–Crippen LogP) is 8.57. The van der Waals surface area contributed by atoms with E-state index < -0.39 is 0 Å². The number of phenols is 2. The molecule has 0 aliphatic carbocycles. The molecule has 0 fully saturated rings. The summed E-state index contributed by atoms with van der Waals surface area (Å²) < 4.78 is 0. The Hall–Kier alpha value is -1.96. The van der Waals surface area contributed by atoms with E-state index in [9.17, 15) is 10.2 Å². The first-order chi connectivity index (χ1) is 14.7. The summed E-state index contributed by atoms with van der Waals surface area (Å²) in [4.78, 5) is 0. The van der Waals surface area contributed by atoms with Gasteiger partial charge in [-0.1, -0.05) is 102 Å². The van der Waals surface area contributed by atoms with Crippen LogP contribution >= 0.6 is 0 Å². The van der Waals surface area contributed by atoms with Crippen molar-refractivity contribution in [1.82, 2.24) is 0 Å². The van der Waals surface area contributed by atoms with Crippen molar-refractivity contribution in [2.45, 2.75) is 104 Å². The summed E-state index contributed by atoms with van der Waals surface area (Å²) in [6.07, 6.45) is 16.8. The number of hydrogen-bond donors (Lipinski definition) is 2. The van der Waals surface area contributed by atoms with Gasteiger partial charge in [-0.2, -0.15) is 0 Å². The molecule has 0 aromatic heterocycles. The van der Waals surface area contributed by atoms with Crippen LogP contribution in [0.5, 0.6) is 11.5 Å². The van der Waals surface area contributed by atoms with E-state index in [1.165, 1.54) is 69.8 Å². The van der Waals surface area contributed by atoms with Crippen LogP contribution in [-0.2, 0) is 12.8 Å².